The molecule has 84 valence electrons. The summed E-state index contributed by atoms with van der Waals surface area (Å²) in [7, 11) is 0. The molecular weight excluding hydrogens is 198 g/mol. The number of esters is 1. The zero-order valence-electron chi connectivity index (χ0n) is 8.75. The molecule has 0 aromatic rings. The number of ether oxygens (including phenoxy) is 1. The van der Waals surface area contributed by atoms with Crippen LogP contribution in [-0.4, -0.2) is 30.3 Å². The highest BCUT2D eigenvalue weighted by molar-refractivity contribution is 6.10. The van der Waals surface area contributed by atoms with E-state index in [-0.39, 0.29) is 18.3 Å². The van der Waals surface area contributed by atoms with Gasteiger partial charge in [-0.05, 0) is 6.42 Å². The van der Waals surface area contributed by atoms with Crippen molar-refractivity contribution in [1.82, 2.24) is 5.32 Å². The minimum absolute atomic E-state index is 0.223. The van der Waals surface area contributed by atoms with Gasteiger partial charge in [-0.15, -0.1) is 0 Å². The average molecular weight is 213 g/mol. The minimum Gasteiger partial charge on any atom is -0.456 e. The molecular formula is C10H15NO4. The van der Waals surface area contributed by atoms with Crippen LogP contribution in [0.2, 0.25) is 0 Å². The fourth-order valence-electron chi connectivity index (χ4n) is 1.35. The quantitative estimate of drug-likeness (QED) is 0.401. The fourth-order valence-corrected chi connectivity index (χ4v) is 1.35. The second-order valence-corrected chi connectivity index (χ2v) is 3.53. The first kappa shape index (κ1) is 11.7. The number of unbranched alkanes of at least 4 members (excludes halogenated alkanes) is 2. The zero-order chi connectivity index (χ0) is 11.3. The van der Waals surface area contributed by atoms with E-state index in [2.05, 4.69) is 10.1 Å². The number of carbonyl (C=O) groups excluding carboxylic acids is 3. The Bertz CT molecular complexity index is 259. The highest BCUT2D eigenvalue weighted by Crippen LogP contribution is 2.04. The molecule has 0 aromatic heterocycles. The molecule has 1 heterocycles. The summed E-state index contributed by atoms with van der Waals surface area (Å²) in [5.41, 5.74) is 0. The van der Waals surface area contributed by atoms with Crippen molar-refractivity contribution in [1.29, 1.82) is 0 Å². The summed E-state index contributed by atoms with van der Waals surface area (Å²) in [5, 5.41) is 2.37. The van der Waals surface area contributed by atoms with E-state index < -0.39 is 12.0 Å². The summed E-state index contributed by atoms with van der Waals surface area (Å²) in [6, 6.07) is -1.07. The van der Waals surface area contributed by atoms with Crippen molar-refractivity contribution in [2.75, 3.05) is 6.61 Å². The van der Waals surface area contributed by atoms with Crippen molar-refractivity contribution in [3.63, 3.8) is 0 Å². The van der Waals surface area contributed by atoms with Gasteiger partial charge in [0.25, 0.3) is 0 Å². The Morgan fingerprint density at radius 3 is 2.73 bits per heavy atom. The van der Waals surface area contributed by atoms with Crippen molar-refractivity contribution in [2.24, 2.45) is 0 Å². The first-order valence-corrected chi connectivity index (χ1v) is 5.14. The Balaban J connectivity index is 2.31. The van der Waals surface area contributed by atoms with Gasteiger partial charge in [-0.3, -0.25) is 9.59 Å². The molecule has 1 aliphatic rings. The van der Waals surface area contributed by atoms with Crippen LogP contribution in [0.15, 0.2) is 0 Å². The molecule has 1 atom stereocenters. The topological polar surface area (TPSA) is 72.5 Å². The van der Waals surface area contributed by atoms with E-state index in [1.54, 1.807) is 0 Å². The van der Waals surface area contributed by atoms with Crippen molar-refractivity contribution in [2.45, 2.75) is 38.6 Å². The first-order valence-electron chi connectivity index (χ1n) is 5.14. The van der Waals surface area contributed by atoms with Crippen molar-refractivity contribution >= 4 is 17.7 Å². The third kappa shape index (κ3) is 3.34. The summed E-state index contributed by atoms with van der Waals surface area (Å²) in [6.45, 7) is 1.81. The Morgan fingerprint density at radius 1 is 1.47 bits per heavy atom. The maximum atomic E-state index is 11.3. The summed E-state index contributed by atoms with van der Waals surface area (Å²) in [6.07, 6.45) is 3.12. The molecule has 0 spiro atoms. The number of Topliss-reactive ketones (excluding diaryl/α,β-unsaturated/α-hetero) is 1. The lowest BCUT2D eigenvalue weighted by atomic mass is 10.2. The molecule has 1 N–H and O–H groups in total. The Morgan fingerprint density at radius 2 is 2.20 bits per heavy atom. The lowest BCUT2D eigenvalue weighted by molar-refractivity contribution is -0.141. The minimum atomic E-state index is -1.07. The SMILES string of the molecule is CCCCCC(=O)N[C@H]1C(=O)COC1=O. The van der Waals surface area contributed by atoms with Gasteiger partial charge < -0.3 is 10.1 Å². The number of carbonyl (C=O) groups is 3. The summed E-state index contributed by atoms with van der Waals surface area (Å²) >= 11 is 0. The van der Waals surface area contributed by atoms with Gasteiger partial charge in [0.05, 0.1) is 0 Å². The van der Waals surface area contributed by atoms with Gasteiger partial charge in [0.1, 0.15) is 0 Å². The molecule has 5 nitrogen and oxygen atoms in total. The molecule has 1 rings (SSSR count). The third-order valence-corrected chi connectivity index (χ3v) is 2.23. The van der Waals surface area contributed by atoms with Gasteiger partial charge >= 0.3 is 5.97 Å². The van der Waals surface area contributed by atoms with Crippen LogP contribution in [-0.2, 0) is 19.1 Å². The third-order valence-electron chi connectivity index (χ3n) is 2.23. The van der Waals surface area contributed by atoms with E-state index in [0.717, 1.165) is 19.3 Å². The molecule has 0 aromatic carbocycles. The van der Waals surface area contributed by atoms with Gasteiger partial charge in [-0.1, -0.05) is 19.8 Å². The van der Waals surface area contributed by atoms with Crippen molar-refractivity contribution in [3.05, 3.63) is 0 Å². The van der Waals surface area contributed by atoms with Crippen LogP contribution in [0, 0.1) is 0 Å². The number of amides is 1. The van der Waals surface area contributed by atoms with Gasteiger partial charge in [-0.2, -0.15) is 0 Å². The largest absolute Gasteiger partial charge is 0.456 e. The number of hydrogen-bond acceptors (Lipinski definition) is 4. The summed E-state index contributed by atoms with van der Waals surface area (Å²) < 4.78 is 4.50. The van der Waals surface area contributed by atoms with Crippen molar-refractivity contribution < 1.29 is 19.1 Å². The van der Waals surface area contributed by atoms with Crippen LogP contribution in [0.1, 0.15) is 32.6 Å². The van der Waals surface area contributed by atoms with Gasteiger partial charge in [0, 0.05) is 6.42 Å². The number of ketones is 1. The van der Waals surface area contributed by atoms with Crippen LogP contribution in [0.3, 0.4) is 0 Å². The van der Waals surface area contributed by atoms with Crippen LogP contribution in [0.5, 0.6) is 0 Å². The normalized spacial score (nSPS) is 20.2. The Hall–Kier alpha value is -1.39. The van der Waals surface area contributed by atoms with Crippen molar-refractivity contribution in [3.8, 4) is 0 Å². The maximum absolute atomic E-state index is 11.3. The second kappa shape index (κ2) is 5.48. The zero-order valence-corrected chi connectivity index (χ0v) is 8.75. The molecule has 0 radical (unpaired) electrons. The van der Waals surface area contributed by atoms with Crippen LogP contribution in [0.25, 0.3) is 0 Å². The van der Waals surface area contributed by atoms with E-state index in [0.29, 0.717) is 6.42 Å². The number of cyclic esters (lactones) is 1. The Kier molecular flexibility index (Phi) is 4.27. The molecule has 15 heavy (non-hydrogen) atoms. The smallest absolute Gasteiger partial charge is 0.337 e. The standard InChI is InChI=1S/C10H15NO4/c1-2-3-4-5-8(13)11-9-7(12)6-15-10(9)14/h9H,2-6H2,1H3,(H,11,13)/t9-/m0/s1. The second-order valence-electron chi connectivity index (χ2n) is 3.53. The van der Waals surface area contributed by atoms with Gasteiger partial charge in [-0.25, -0.2) is 4.79 Å². The van der Waals surface area contributed by atoms with Crippen LogP contribution < -0.4 is 5.32 Å². The molecule has 1 aliphatic heterocycles. The van der Waals surface area contributed by atoms with E-state index in [1.807, 2.05) is 6.92 Å². The lowest BCUT2D eigenvalue weighted by Gasteiger charge is -2.07. The van der Waals surface area contributed by atoms with Gasteiger partial charge in [0.2, 0.25) is 11.7 Å². The molecule has 1 saturated heterocycles. The molecule has 0 unspecified atom stereocenters. The fraction of sp³-hybridized carbons (Fsp3) is 0.700. The first-order chi connectivity index (χ1) is 7.15. The number of nitrogens with one attached hydrogen (secondary N) is 1. The molecule has 0 saturated carbocycles. The predicted octanol–water partition coefficient (Wildman–Crippen LogP) is 0.177. The van der Waals surface area contributed by atoms with Crippen LogP contribution >= 0.6 is 0 Å². The average Bonchev–Trinajstić information content (AvgIpc) is 2.50. The highest BCUT2D eigenvalue weighted by atomic mass is 16.5. The Labute approximate surface area is 88.2 Å². The molecule has 5 heteroatoms. The summed E-state index contributed by atoms with van der Waals surface area (Å²) in [4.78, 5) is 33.4. The number of rotatable bonds is 5. The predicted molar refractivity (Wildman–Crippen MR) is 52.0 cm³/mol. The molecule has 0 bridgehead atoms. The van der Waals surface area contributed by atoms with E-state index >= 15 is 0 Å². The molecule has 1 fully saturated rings. The molecule has 0 aliphatic carbocycles. The number of hydrogen-bond donors (Lipinski definition) is 1. The van der Waals surface area contributed by atoms with Gasteiger partial charge in [0.15, 0.2) is 12.6 Å². The summed E-state index contributed by atoms with van der Waals surface area (Å²) in [5.74, 6) is -1.28. The monoisotopic (exact) mass is 213 g/mol. The van der Waals surface area contributed by atoms with Crippen LogP contribution in [0.4, 0.5) is 0 Å². The maximum Gasteiger partial charge on any atom is 0.337 e. The van der Waals surface area contributed by atoms with E-state index in [9.17, 15) is 14.4 Å². The lowest BCUT2D eigenvalue weighted by Crippen LogP contribution is -2.42. The van der Waals surface area contributed by atoms with E-state index in [1.165, 1.54) is 0 Å². The van der Waals surface area contributed by atoms with E-state index in [4.69, 9.17) is 0 Å². The highest BCUT2D eigenvalue weighted by Gasteiger charge is 2.36. The molecule has 1 amide bonds.